The smallest absolute Gasteiger partial charge is 0.339 e. The molecule has 8 heteroatoms. The summed E-state index contributed by atoms with van der Waals surface area (Å²) in [6, 6.07) is 6.96. The van der Waals surface area contributed by atoms with Gasteiger partial charge < -0.3 is 20.1 Å². The van der Waals surface area contributed by atoms with Crippen molar-refractivity contribution in [3.05, 3.63) is 54.1 Å². The maximum atomic E-state index is 13.5. The van der Waals surface area contributed by atoms with Crippen LogP contribution in [0.25, 0.3) is 0 Å². The van der Waals surface area contributed by atoms with Crippen LogP contribution in [0.1, 0.15) is 17.3 Å². The van der Waals surface area contributed by atoms with E-state index in [2.05, 4.69) is 20.4 Å². The van der Waals surface area contributed by atoms with Crippen molar-refractivity contribution < 1.29 is 23.5 Å². The lowest BCUT2D eigenvalue weighted by molar-refractivity contribution is 0.0600. The second-order valence-corrected chi connectivity index (χ2v) is 5.15. The molecule has 7 nitrogen and oxygen atoms in total. The van der Waals surface area contributed by atoms with Gasteiger partial charge in [-0.05, 0) is 25.1 Å². The molecule has 0 aliphatic rings. The second-order valence-electron chi connectivity index (χ2n) is 5.15. The molecule has 1 heterocycles. The number of amides is 2. The van der Waals surface area contributed by atoms with Gasteiger partial charge in [-0.2, -0.15) is 0 Å². The first kappa shape index (κ1) is 18.2. The molecule has 2 rings (SSSR count). The first-order valence-corrected chi connectivity index (χ1v) is 7.49. The fourth-order valence-electron chi connectivity index (χ4n) is 1.95. The number of hydrogen-bond acceptors (Lipinski definition) is 5. The average Bonchev–Trinajstić information content (AvgIpc) is 2.61. The largest absolute Gasteiger partial charge is 0.486 e. The molecule has 0 saturated heterocycles. The number of rotatable bonds is 6. The Kier molecular flexibility index (Phi) is 6.27. The molecule has 0 bridgehead atoms. The summed E-state index contributed by atoms with van der Waals surface area (Å²) in [7, 11) is 1.26. The van der Waals surface area contributed by atoms with E-state index in [9.17, 15) is 14.0 Å². The molecule has 132 valence electrons. The van der Waals surface area contributed by atoms with E-state index in [1.54, 1.807) is 19.1 Å². The van der Waals surface area contributed by atoms with E-state index in [1.165, 1.54) is 37.7 Å². The first-order valence-electron chi connectivity index (χ1n) is 7.49. The molecule has 0 radical (unpaired) electrons. The van der Waals surface area contributed by atoms with E-state index < -0.39 is 23.9 Å². The number of benzene rings is 1. The molecule has 1 unspecified atom stereocenters. The average molecular weight is 347 g/mol. The Labute approximate surface area is 144 Å². The number of halogens is 1. The van der Waals surface area contributed by atoms with Gasteiger partial charge in [-0.15, -0.1) is 0 Å². The van der Waals surface area contributed by atoms with Gasteiger partial charge in [0.2, 0.25) is 0 Å². The van der Waals surface area contributed by atoms with Gasteiger partial charge in [0.1, 0.15) is 6.10 Å². The maximum absolute atomic E-state index is 13.5. The number of hydrogen-bond donors (Lipinski definition) is 2. The zero-order chi connectivity index (χ0) is 18.2. The summed E-state index contributed by atoms with van der Waals surface area (Å²) in [6.07, 6.45) is 2.28. The van der Waals surface area contributed by atoms with Crippen molar-refractivity contribution in [2.45, 2.75) is 13.0 Å². The fourth-order valence-corrected chi connectivity index (χ4v) is 1.95. The van der Waals surface area contributed by atoms with Crippen LogP contribution < -0.4 is 15.4 Å². The van der Waals surface area contributed by atoms with Crippen LogP contribution in [-0.4, -0.2) is 36.7 Å². The van der Waals surface area contributed by atoms with Crippen LogP contribution in [0.4, 0.5) is 14.9 Å². The molecule has 1 aromatic carbocycles. The summed E-state index contributed by atoms with van der Waals surface area (Å²) in [5, 5.41) is 5.13. The van der Waals surface area contributed by atoms with Crippen LogP contribution in [0.3, 0.4) is 0 Å². The van der Waals surface area contributed by atoms with Crippen LogP contribution in [0, 0.1) is 5.82 Å². The molecule has 0 spiro atoms. The van der Waals surface area contributed by atoms with Crippen LogP contribution in [0.2, 0.25) is 0 Å². The zero-order valence-electron chi connectivity index (χ0n) is 13.8. The van der Waals surface area contributed by atoms with E-state index >= 15 is 0 Å². The number of aromatic nitrogens is 1. The summed E-state index contributed by atoms with van der Waals surface area (Å²) in [6.45, 7) is 1.86. The van der Waals surface area contributed by atoms with Gasteiger partial charge in [0, 0.05) is 6.20 Å². The number of urea groups is 1. The van der Waals surface area contributed by atoms with Crippen molar-refractivity contribution in [3.8, 4) is 5.75 Å². The van der Waals surface area contributed by atoms with Gasteiger partial charge in [-0.3, -0.25) is 4.98 Å². The molecule has 0 saturated carbocycles. The van der Waals surface area contributed by atoms with Crippen LogP contribution in [0.5, 0.6) is 5.75 Å². The van der Waals surface area contributed by atoms with Crippen molar-refractivity contribution in [2.24, 2.45) is 0 Å². The highest BCUT2D eigenvalue weighted by atomic mass is 19.1. The predicted molar refractivity (Wildman–Crippen MR) is 89.1 cm³/mol. The number of pyridine rings is 1. The number of para-hydroxylation sites is 1. The number of esters is 1. The molecular formula is C17H18FN3O4. The summed E-state index contributed by atoms with van der Waals surface area (Å²) >= 11 is 0. The number of ether oxygens (including phenoxy) is 2. The third kappa shape index (κ3) is 5.45. The van der Waals surface area contributed by atoms with Gasteiger partial charge in [0.05, 0.1) is 31.1 Å². The van der Waals surface area contributed by atoms with Crippen LogP contribution in [0.15, 0.2) is 42.7 Å². The minimum atomic E-state index is -0.552. The minimum Gasteiger partial charge on any atom is -0.486 e. The SMILES string of the molecule is COC(=O)c1cncc(NC(=O)NCC(C)Oc2ccccc2F)c1. The molecule has 1 atom stereocenters. The van der Waals surface area contributed by atoms with Gasteiger partial charge in [-0.1, -0.05) is 12.1 Å². The Hall–Kier alpha value is -3.16. The van der Waals surface area contributed by atoms with Crippen LogP contribution >= 0.6 is 0 Å². The number of nitrogens with one attached hydrogen (secondary N) is 2. The van der Waals surface area contributed by atoms with E-state index in [0.29, 0.717) is 5.69 Å². The minimum absolute atomic E-state index is 0.118. The molecule has 0 aliphatic heterocycles. The Bertz CT molecular complexity index is 754. The second kappa shape index (κ2) is 8.62. The molecule has 2 aromatic rings. The quantitative estimate of drug-likeness (QED) is 0.784. The van der Waals surface area contributed by atoms with Gasteiger partial charge >= 0.3 is 12.0 Å². The first-order chi connectivity index (χ1) is 12.0. The normalized spacial score (nSPS) is 11.3. The third-order valence-electron chi connectivity index (χ3n) is 3.13. The number of methoxy groups -OCH3 is 1. The topological polar surface area (TPSA) is 89.5 Å². The predicted octanol–water partition coefficient (Wildman–Crippen LogP) is 2.60. The molecule has 0 aliphatic carbocycles. The molecular weight excluding hydrogens is 329 g/mol. The van der Waals surface area contributed by atoms with E-state index in [0.717, 1.165) is 0 Å². The van der Waals surface area contributed by atoms with E-state index in [-0.39, 0.29) is 17.9 Å². The number of nitrogens with zero attached hydrogens (tertiary/aromatic N) is 1. The summed E-state index contributed by atoms with van der Waals surface area (Å²) < 4.78 is 23.5. The maximum Gasteiger partial charge on any atom is 0.339 e. The van der Waals surface area contributed by atoms with Crippen molar-refractivity contribution >= 4 is 17.7 Å². The van der Waals surface area contributed by atoms with Crippen molar-refractivity contribution in [1.82, 2.24) is 10.3 Å². The number of anilines is 1. The molecule has 2 amide bonds. The molecule has 1 aromatic heterocycles. The molecule has 25 heavy (non-hydrogen) atoms. The zero-order valence-corrected chi connectivity index (χ0v) is 13.8. The van der Waals surface area contributed by atoms with E-state index in [1.807, 2.05) is 0 Å². The Balaban J connectivity index is 1.84. The van der Waals surface area contributed by atoms with E-state index in [4.69, 9.17) is 4.74 Å². The van der Waals surface area contributed by atoms with Crippen molar-refractivity contribution in [2.75, 3.05) is 19.0 Å². The van der Waals surface area contributed by atoms with Gasteiger partial charge in [0.25, 0.3) is 0 Å². The Morgan fingerprint density at radius 1 is 1.28 bits per heavy atom. The highest BCUT2D eigenvalue weighted by molar-refractivity contribution is 5.93. The Morgan fingerprint density at radius 2 is 2.04 bits per heavy atom. The highest BCUT2D eigenvalue weighted by Gasteiger charge is 2.11. The molecule has 0 fully saturated rings. The van der Waals surface area contributed by atoms with Gasteiger partial charge in [-0.25, -0.2) is 14.0 Å². The van der Waals surface area contributed by atoms with Crippen molar-refractivity contribution in [3.63, 3.8) is 0 Å². The van der Waals surface area contributed by atoms with Crippen LogP contribution in [-0.2, 0) is 4.74 Å². The summed E-state index contributed by atoms with van der Waals surface area (Å²) in [5.74, 6) is -0.903. The number of carbonyl (C=O) groups excluding carboxylic acids is 2. The van der Waals surface area contributed by atoms with Gasteiger partial charge in [0.15, 0.2) is 11.6 Å². The monoisotopic (exact) mass is 347 g/mol. The number of carbonyl (C=O) groups is 2. The third-order valence-corrected chi connectivity index (χ3v) is 3.13. The lowest BCUT2D eigenvalue weighted by Gasteiger charge is -2.16. The fraction of sp³-hybridized carbons (Fsp3) is 0.235. The summed E-state index contributed by atoms with van der Waals surface area (Å²) in [4.78, 5) is 27.2. The Morgan fingerprint density at radius 3 is 2.76 bits per heavy atom. The van der Waals surface area contributed by atoms with Crippen molar-refractivity contribution in [1.29, 1.82) is 0 Å². The molecule has 2 N–H and O–H groups in total. The highest BCUT2D eigenvalue weighted by Crippen LogP contribution is 2.16. The summed E-state index contributed by atoms with van der Waals surface area (Å²) in [5.41, 5.74) is 0.555. The standard InChI is InChI=1S/C17H18FN3O4/c1-11(25-15-6-4-3-5-14(15)18)8-20-17(23)21-13-7-12(9-19-10-13)16(22)24-2/h3-7,9-11H,8H2,1-2H3,(H2,20,21,23). The lowest BCUT2D eigenvalue weighted by Crippen LogP contribution is -2.36. The lowest BCUT2D eigenvalue weighted by atomic mass is 10.2.